The van der Waals surface area contributed by atoms with E-state index < -0.39 is 0 Å². The van der Waals surface area contributed by atoms with Gasteiger partial charge in [0.25, 0.3) is 0 Å². The minimum absolute atomic E-state index is 0.250. The largest absolute Gasteiger partial charge is 0.411 e. The highest BCUT2D eigenvalue weighted by Crippen LogP contribution is 2.26. The smallest absolute Gasteiger partial charge is 0.150 e. The molecule has 0 spiro atoms. The fraction of sp³-hybridized carbons (Fsp3) is 0.300. The number of rotatable bonds is 6. The summed E-state index contributed by atoms with van der Waals surface area (Å²) in [6.45, 7) is 19.9. The van der Waals surface area contributed by atoms with Crippen LogP contribution in [0.3, 0.4) is 0 Å². The molecular formula is C40H47N5O3. The number of aldehydes is 1. The summed E-state index contributed by atoms with van der Waals surface area (Å²) in [5, 5.41) is 19.7. The van der Waals surface area contributed by atoms with E-state index in [1.165, 1.54) is 28.5 Å². The fourth-order valence-electron chi connectivity index (χ4n) is 6.52. The standard InChI is InChI=1S/C19H21N3O.C19H20N2O.C2H6O/c1-12-9-13(2)17(14(3)16(12)10-20-23)11-22-15(4)21-18-7-5-6-8-19(18)22;1-12-9-13(2)17(11-22)14(3)16(12)10-21-15(4)20-18-7-5-6-8-19(18)21;1-2-3/h5-10,23H,11H2,1-4H3;5-9,11H,10H2,1-4H3;3H,2H2,1H3/b20-10+;;. The molecule has 0 atom stereocenters. The van der Waals surface area contributed by atoms with E-state index in [1.54, 1.807) is 6.92 Å². The number of hydrogen-bond acceptors (Lipinski definition) is 6. The zero-order valence-electron chi connectivity index (χ0n) is 29.6. The summed E-state index contributed by atoms with van der Waals surface area (Å²) < 4.78 is 4.45. The van der Waals surface area contributed by atoms with Crippen LogP contribution >= 0.6 is 0 Å². The first-order chi connectivity index (χ1) is 23.0. The molecule has 0 radical (unpaired) electrons. The van der Waals surface area contributed by atoms with Crippen molar-refractivity contribution < 1.29 is 15.1 Å². The molecule has 6 aromatic rings. The quantitative estimate of drug-likeness (QED) is 0.0821. The van der Waals surface area contributed by atoms with E-state index in [0.717, 1.165) is 86.5 Å². The van der Waals surface area contributed by atoms with E-state index in [1.807, 2.05) is 71.0 Å². The minimum Gasteiger partial charge on any atom is -0.411 e. The molecule has 0 amide bonds. The highest BCUT2D eigenvalue weighted by molar-refractivity contribution is 5.84. The van der Waals surface area contributed by atoms with Gasteiger partial charge in [-0.05, 0) is 131 Å². The van der Waals surface area contributed by atoms with Crippen LogP contribution < -0.4 is 0 Å². The normalized spacial score (nSPS) is 11.0. The summed E-state index contributed by atoms with van der Waals surface area (Å²) in [5.41, 5.74) is 15.4. The van der Waals surface area contributed by atoms with Crippen LogP contribution in [0.4, 0.5) is 0 Å². The van der Waals surface area contributed by atoms with E-state index in [4.69, 9.17) is 10.3 Å². The van der Waals surface area contributed by atoms with Gasteiger partial charge in [-0.2, -0.15) is 0 Å². The SMILES string of the molecule is CCO.Cc1cc(C)c(Cn2c(C)nc3ccccc32)c(C)c1/C=N/O.Cc1cc(C)c(Cn2c(C)nc3ccccc32)c(C)c1C=O. The van der Waals surface area contributed by atoms with Crippen LogP contribution in [0.5, 0.6) is 0 Å². The molecule has 8 nitrogen and oxygen atoms in total. The molecule has 0 fully saturated rings. The molecule has 2 aromatic heterocycles. The van der Waals surface area contributed by atoms with Crippen LogP contribution in [0.2, 0.25) is 0 Å². The predicted molar refractivity (Wildman–Crippen MR) is 196 cm³/mol. The van der Waals surface area contributed by atoms with Crippen LogP contribution in [0.1, 0.15) is 79.0 Å². The van der Waals surface area contributed by atoms with E-state index in [9.17, 15) is 4.79 Å². The Balaban J connectivity index is 0.000000201. The second-order valence-electron chi connectivity index (χ2n) is 12.2. The van der Waals surface area contributed by atoms with Crippen LogP contribution in [0, 0.1) is 55.4 Å². The zero-order chi connectivity index (χ0) is 35.1. The van der Waals surface area contributed by atoms with E-state index in [-0.39, 0.29) is 6.61 Å². The molecule has 250 valence electrons. The Morgan fingerprint density at radius 3 is 1.48 bits per heavy atom. The highest BCUT2D eigenvalue weighted by Gasteiger charge is 2.15. The number of imidazole rings is 2. The lowest BCUT2D eigenvalue weighted by molar-refractivity contribution is 0.112. The van der Waals surface area contributed by atoms with Gasteiger partial charge < -0.3 is 19.4 Å². The summed E-state index contributed by atoms with van der Waals surface area (Å²) >= 11 is 0. The molecule has 0 aliphatic rings. The molecule has 0 saturated heterocycles. The topological polar surface area (TPSA) is 106 Å². The molecule has 8 heteroatoms. The van der Waals surface area contributed by atoms with Gasteiger partial charge in [-0.15, -0.1) is 0 Å². The number of fused-ring (bicyclic) bond motifs is 2. The first-order valence-electron chi connectivity index (χ1n) is 16.2. The van der Waals surface area contributed by atoms with Crippen molar-refractivity contribution >= 4 is 34.6 Å². The van der Waals surface area contributed by atoms with Crippen molar-refractivity contribution in [2.45, 2.75) is 75.4 Å². The average molecular weight is 646 g/mol. The number of aliphatic hydroxyl groups is 1. The van der Waals surface area contributed by atoms with E-state index in [2.05, 4.69) is 69.3 Å². The van der Waals surface area contributed by atoms with Gasteiger partial charge in [-0.25, -0.2) is 9.97 Å². The van der Waals surface area contributed by atoms with Crippen LogP contribution in [0.25, 0.3) is 22.1 Å². The fourth-order valence-corrected chi connectivity index (χ4v) is 6.52. The first-order valence-corrected chi connectivity index (χ1v) is 16.2. The second-order valence-corrected chi connectivity index (χ2v) is 12.2. The third-order valence-corrected chi connectivity index (χ3v) is 9.01. The van der Waals surface area contributed by atoms with Crippen LogP contribution in [0.15, 0.2) is 65.8 Å². The van der Waals surface area contributed by atoms with Crippen molar-refractivity contribution in [3.05, 3.63) is 128 Å². The van der Waals surface area contributed by atoms with Gasteiger partial charge in [-0.3, -0.25) is 4.79 Å². The Morgan fingerprint density at radius 2 is 1.06 bits per heavy atom. The molecule has 0 unspecified atom stereocenters. The van der Waals surface area contributed by atoms with Gasteiger partial charge in [0.1, 0.15) is 11.6 Å². The summed E-state index contributed by atoms with van der Waals surface area (Å²) in [4.78, 5) is 20.6. The number of para-hydroxylation sites is 4. The van der Waals surface area contributed by atoms with Crippen LogP contribution in [-0.2, 0) is 13.1 Å². The number of carbonyl (C=O) groups is 1. The van der Waals surface area contributed by atoms with Crippen LogP contribution in [-0.4, -0.2) is 48.5 Å². The Morgan fingerprint density at radius 1 is 0.667 bits per heavy atom. The molecule has 48 heavy (non-hydrogen) atoms. The number of aliphatic hydroxyl groups excluding tert-OH is 1. The van der Waals surface area contributed by atoms with E-state index in [0.29, 0.717) is 0 Å². The Hall–Kier alpha value is -5.08. The van der Waals surface area contributed by atoms with Gasteiger partial charge >= 0.3 is 0 Å². The van der Waals surface area contributed by atoms with Gasteiger partial charge in [0, 0.05) is 30.8 Å². The maximum absolute atomic E-state index is 11.4. The van der Waals surface area contributed by atoms with Crippen molar-refractivity contribution in [1.82, 2.24) is 19.1 Å². The maximum Gasteiger partial charge on any atom is 0.150 e. The first kappa shape index (κ1) is 35.8. The third kappa shape index (κ3) is 7.39. The Kier molecular flexibility index (Phi) is 11.7. The number of benzene rings is 4. The van der Waals surface area contributed by atoms with Crippen molar-refractivity contribution in [3.63, 3.8) is 0 Å². The number of aryl methyl sites for hydroxylation is 6. The molecule has 0 aliphatic heterocycles. The number of carbonyl (C=O) groups excluding carboxylic acids is 1. The summed E-state index contributed by atoms with van der Waals surface area (Å²) in [6.07, 6.45) is 2.49. The zero-order valence-corrected chi connectivity index (χ0v) is 29.6. The number of aromatic nitrogens is 4. The lowest BCUT2D eigenvalue weighted by Gasteiger charge is -2.16. The number of nitrogens with zero attached hydrogens (tertiary/aromatic N) is 5. The number of oxime groups is 1. The lowest BCUT2D eigenvalue weighted by Crippen LogP contribution is -2.08. The Labute approximate surface area is 283 Å². The predicted octanol–water partition coefficient (Wildman–Crippen LogP) is 8.26. The average Bonchev–Trinajstić information content (AvgIpc) is 3.54. The molecule has 0 bridgehead atoms. The molecular weight excluding hydrogens is 598 g/mol. The number of hydrogen-bond donors (Lipinski definition) is 2. The van der Waals surface area contributed by atoms with Gasteiger partial charge in [0.15, 0.2) is 6.29 Å². The van der Waals surface area contributed by atoms with Crippen molar-refractivity contribution in [2.24, 2.45) is 5.16 Å². The Bertz CT molecular complexity index is 2100. The molecule has 6 rings (SSSR count). The second kappa shape index (κ2) is 15.7. The van der Waals surface area contributed by atoms with Crippen molar-refractivity contribution in [1.29, 1.82) is 0 Å². The monoisotopic (exact) mass is 645 g/mol. The summed E-state index contributed by atoms with van der Waals surface area (Å²) in [7, 11) is 0. The van der Waals surface area contributed by atoms with Gasteiger partial charge in [0.2, 0.25) is 0 Å². The minimum atomic E-state index is 0.250. The van der Waals surface area contributed by atoms with E-state index >= 15 is 0 Å². The highest BCUT2D eigenvalue weighted by atomic mass is 16.4. The summed E-state index contributed by atoms with van der Waals surface area (Å²) in [5.74, 6) is 2.00. The molecule has 2 heterocycles. The van der Waals surface area contributed by atoms with Gasteiger partial charge in [-0.1, -0.05) is 41.6 Å². The maximum atomic E-state index is 11.4. The molecule has 4 aromatic carbocycles. The van der Waals surface area contributed by atoms with Gasteiger partial charge in [0.05, 0.1) is 28.3 Å². The molecule has 0 saturated carbocycles. The third-order valence-electron chi connectivity index (χ3n) is 9.01. The molecule has 2 N–H and O–H groups in total. The van der Waals surface area contributed by atoms with Crippen molar-refractivity contribution in [2.75, 3.05) is 6.61 Å². The summed E-state index contributed by atoms with van der Waals surface area (Å²) in [6, 6.07) is 20.6. The lowest BCUT2D eigenvalue weighted by atomic mass is 9.94. The van der Waals surface area contributed by atoms with Crippen molar-refractivity contribution in [3.8, 4) is 0 Å². The molecule has 0 aliphatic carbocycles.